The molecule has 0 aliphatic carbocycles. The Kier molecular flexibility index (Phi) is 5.34. The minimum Gasteiger partial charge on any atom is -0.399 e. The van der Waals surface area contributed by atoms with Crippen molar-refractivity contribution in [3.63, 3.8) is 0 Å². The van der Waals surface area contributed by atoms with Gasteiger partial charge in [0, 0.05) is 48.0 Å². The molecular formula is C26H24F2N4O. The number of rotatable bonds is 4. The summed E-state index contributed by atoms with van der Waals surface area (Å²) in [6.07, 6.45) is 0.701. The molecule has 5 nitrogen and oxygen atoms in total. The van der Waals surface area contributed by atoms with E-state index in [1.165, 1.54) is 12.1 Å². The third kappa shape index (κ3) is 4.19. The molecule has 33 heavy (non-hydrogen) atoms. The molecule has 3 aromatic carbocycles. The first-order valence-corrected chi connectivity index (χ1v) is 10.8. The van der Waals surface area contributed by atoms with Crippen LogP contribution < -0.4 is 16.4 Å². The first-order valence-electron chi connectivity index (χ1n) is 10.8. The molecule has 7 heteroatoms. The van der Waals surface area contributed by atoms with Crippen molar-refractivity contribution in [2.24, 2.45) is 0 Å². The molecule has 2 aliphatic heterocycles. The summed E-state index contributed by atoms with van der Waals surface area (Å²) in [6, 6.07) is 16.0. The van der Waals surface area contributed by atoms with Gasteiger partial charge in [0.1, 0.15) is 0 Å². The van der Waals surface area contributed by atoms with Crippen LogP contribution in [0.1, 0.15) is 29.2 Å². The van der Waals surface area contributed by atoms with E-state index in [9.17, 15) is 13.6 Å². The van der Waals surface area contributed by atoms with Gasteiger partial charge in [-0.1, -0.05) is 12.1 Å². The molecular weight excluding hydrogens is 422 g/mol. The zero-order valence-electron chi connectivity index (χ0n) is 18.2. The van der Waals surface area contributed by atoms with Gasteiger partial charge in [-0.3, -0.25) is 9.69 Å². The van der Waals surface area contributed by atoms with Crippen LogP contribution in [0.3, 0.4) is 0 Å². The molecule has 0 radical (unpaired) electrons. The van der Waals surface area contributed by atoms with Crippen LogP contribution in [-0.4, -0.2) is 17.4 Å². The van der Waals surface area contributed by atoms with Crippen molar-refractivity contribution in [3.05, 3.63) is 94.2 Å². The summed E-state index contributed by atoms with van der Waals surface area (Å²) in [5, 5.41) is 6.18. The molecule has 1 amide bonds. The van der Waals surface area contributed by atoms with Gasteiger partial charge in [-0.05, 0) is 72.5 Å². The number of anilines is 3. The molecule has 0 saturated carbocycles. The predicted octanol–water partition coefficient (Wildman–Crippen LogP) is 4.90. The SMILES string of the molecule is CC(Nc1ccc(CN2CCc3cc(F)c(F)cc3C2)cc1)=C1C(=O)Nc2ccc(N)cc21. The number of nitrogens with two attached hydrogens (primary N) is 1. The Morgan fingerprint density at radius 1 is 1.06 bits per heavy atom. The Morgan fingerprint density at radius 2 is 1.79 bits per heavy atom. The number of fused-ring (bicyclic) bond motifs is 2. The number of amides is 1. The molecule has 168 valence electrons. The number of nitrogens with zero attached hydrogens (tertiary/aromatic N) is 1. The number of hydrogen-bond acceptors (Lipinski definition) is 4. The average molecular weight is 447 g/mol. The summed E-state index contributed by atoms with van der Waals surface area (Å²) in [4.78, 5) is 14.7. The van der Waals surface area contributed by atoms with Gasteiger partial charge in [0.25, 0.3) is 5.91 Å². The predicted molar refractivity (Wildman–Crippen MR) is 126 cm³/mol. The van der Waals surface area contributed by atoms with E-state index in [1.807, 2.05) is 37.3 Å². The van der Waals surface area contributed by atoms with Gasteiger partial charge in [-0.15, -0.1) is 0 Å². The number of nitrogen functional groups attached to an aromatic ring is 1. The maximum absolute atomic E-state index is 13.6. The van der Waals surface area contributed by atoms with Gasteiger partial charge in [0.15, 0.2) is 11.6 Å². The van der Waals surface area contributed by atoms with Crippen LogP contribution in [-0.2, 0) is 24.3 Å². The van der Waals surface area contributed by atoms with Crippen molar-refractivity contribution in [3.8, 4) is 0 Å². The highest BCUT2D eigenvalue weighted by atomic mass is 19.2. The largest absolute Gasteiger partial charge is 0.399 e. The smallest absolute Gasteiger partial charge is 0.258 e. The lowest BCUT2D eigenvalue weighted by Gasteiger charge is -2.29. The van der Waals surface area contributed by atoms with E-state index >= 15 is 0 Å². The quantitative estimate of drug-likeness (QED) is 0.394. The molecule has 0 unspecified atom stereocenters. The minimum atomic E-state index is -0.795. The first-order chi connectivity index (χ1) is 15.9. The van der Waals surface area contributed by atoms with E-state index in [0.29, 0.717) is 30.8 Å². The monoisotopic (exact) mass is 446 g/mol. The summed E-state index contributed by atoms with van der Waals surface area (Å²) < 4.78 is 27.1. The van der Waals surface area contributed by atoms with E-state index in [-0.39, 0.29) is 5.91 Å². The van der Waals surface area contributed by atoms with Gasteiger partial charge < -0.3 is 16.4 Å². The molecule has 2 aliphatic rings. The summed E-state index contributed by atoms with van der Waals surface area (Å²) in [5.74, 6) is -1.73. The van der Waals surface area contributed by atoms with Gasteiger partial charge in [0.05, 0.1) is 5.57 Å². The fourth-order valence-corrected chi connectivity index (χ4v) is 4.53. The maximum Gasteiger partial charge on any atom is 0.258 e. The number of benzene rings is 3. The number of halogens is 2. The highest BCUT2D eigenvalue weighted by Gasteiger charge is 2.26. The van der Waals surface area contributed by atoms with Gasteiger partial charge >= 0.3 is 0 Å². The normalized spacial score (nSPS) is 16.8. The van der Waals surface area contributed by atoms with E-state index in [1.54, 1.807) is 12.1 Å². The number of hydrogen-bond donors (Lipinski definition) is 3. The summed E-state index contributed by atoms with van der Waals surface area (Å²) >= 11 is 0. The fourth-order valence-electron chi connectivity index (χ4n) is 4.53. The van der Waals surface area contributed by atoms with E-state index in [0.717, 1.165) is 45.9 Å². The van der Waals surface area contributed by atoms with E-state index < -0.39 is 11.6 Å². The van der Waals surface area contributed by atoms with E-state index in [4.69, 9.17) is 5.73 Å². The second-order valence-electron chi connectivity index (χ2n) is 8.58. The summed E-state index contributed by atoms with van der Waals surface area (Å²) in [5.41, 5.74) is 13.1. The lowest BCUT2D eigenvalue weighted by atomic mass is 9.99. The molecule has 2 heterocycles. The topological polar surface area (TPSA) is 70.4 Å². The van der Waals surface area contributed by atoms with E-state index in [2.05, 4.69) is 15.5 Å². The number of allylic oxidation sites excluding steroid dienone is 1. The van der Waals surface area contributed by atoms with Crippen molar-refractivity contribution in [1.82, 2.24) is 4.90 Å². The zero-order chi connectivity index (χ0) is 23.1. The summed E-state index contributed by atoms with van der Waals surface area (Å²) in [7, 11) is 0. The van der Waals surface area contributed by atoms with Gasteiger partial charge in [-0.25, -0.2) is 8.78 Å². The molecule has 3 aromatic rings. The van der Waals surface area contributed by atoms with Crippen LogP contribution in [0.4, 0.5) is 25.8 Å². The minimum absolute atomic E-state index is 0.154. The molecule has 0 spiro atoms. The molecule has 0 atom stereocenters. The molecule has 0 saturated heterocycles. The Morgan fingerprint density at radius 3 is 2.55 bits per heavy atom. The standard InChI is InChI=1S/C26H24F2N4O/c1-15(25-21-12-19(29)4-7-24(21)31-26(25)33)30-20-5-2-16(3-6-20)13-32-9-8-17-10-22(27)23(28)11-18(17)14-32/h2-7,10-12,30H,8-9,13-14,29H2,1H3,(H,31,33). The van der Waals surface area contributed by atoms with Crippen molar-refractivity contribution in [2.45, 2.75) is 26.4 Å². The fraction of sp³-hybridized carbons (Fsp3) is 0.192. The van der Waals surface area contributed by atoms with Crippen molar-refractivity contribution < 1.29 is 13.6 Å². The van der Waals surface area contributed by atoms with Crippen LogP contribution in [0.25, 0.3) is 5.57 Å². The zero-order valence-corrected chi connectivity index (χ0v) is 18.2. The first kappa shape index (κ1) is 21.2. The maximum atomic E-state index is 13.6. The second kappa shape index (κ2) is 8.33. The van der Waals surface area contributed by atoms with Gasteiger partial charge in [0.2, 0.25) is 0 Å². The molecule has 4 N–H and O–H groups in total. The van der Waals surface area contributed by atoms with Crippen LogP contribution >= 0.6 is 0 Å². The van der Waals surface area contributed by atoms with Crippen LogP contribution in [0.5, 0.6) is 0 Å². The lowest BCUT2D eigenvalue weighted by molar-refractivity contribution is -0.110. The van der Waals surface area contributed by atoms with Crippen molar-refractivity contribution in [1.29, 1.82) is 0 Å². The second-order valence-corrected chi connectivity index (χ2v) is 8.58. The van der Waals surface area contributed by atoms with Gasteiger partial charge in [-0.2, -0.15) is 0 Å². The number of carbonyl (C=O) groups is 1. The molecule has 5 rings (SSSR count). The highest BCUT2D eigenvalue weighted by molar-refractivity contribution is 6.32. The van der Waals surface area contributed by atoms with Crippen molar-refractivity contribution >= 4 is 28.5 Å². The van der Waals surface area contributed by atoms with Crippen molar-refractivity contribution in [2.75, 3.05) is 22.9 Å². The van der Waals surface area contributed by atoms with Crippen LogP contribution in [0.2, 0.25) is 0 Å². The van der Waals surface area contributed by atoms with Crippen LogP contribution in [0, 0.1) is 11.6 Å². The Labute approximate surface area is 190 Å². The highest BCUT2D eigenvalue weighted by Crippen LogP contribution is 2.35. The Bertz CT molecular complexity index is 1280. The Balaban J connectivity index is 1.28. The van der Waals surface area contributed by atoms with Crippen LogP contribution in [0.15, 0.2) is 60.3 Å². The number of nitrogens with one attached hydrogen (secondary N) is 2. The third-order valence-electron chi connectivity index (χ3n) is 6.19. The Hall–Kier alpha value is -3.71. The summed E-state index contributed by atoms with van der Waals surface area (Å²) in [6.45, 7) is 3.97. The lowest BCUT2D eigenvalue weighted by Crippen LogP contribution is -2.30. The third-order valence-corrected chi connectivity index (χ3v) is 6.19. The average Bonchev–Trinajstić information content (AvgIpc) is 3.11. The molecule has 0 aromatic heterocycles. The number of carbonyl (C=O) groups excluding carboxylic acids is 1. The molecule has 0 fully saturated rings. The molecule has 0 bridgehead atoms.